The number of piperidine rings is 1. The quantitative estimate of drug-likeness (QED) is 0.461. The Morgan fingerprint density at radius 1 is 1.21 bits per heavy atom. The highest BCUT2D eigenvalue weighted by molar-refractivity contribution is 6.04. The van der Waals surface area contributed by atoms with E-state index < -0.39 is 0 Å². The third kappa shape index (κ3) is 4.76. The lowest BCUT2D eigenvalue weighted by atomic mass is 9.92. The minimum atomic E-state index is -0.372. The number of amides is 1. The number of benzene rings is 1. The zero-order valence-corrected chi connectivity index (χ0v) is 19.0. The van der Waals surface area contributed by atoms with Gasteiger partial charge in [0.15, 0.2) is 5.76 Å². The molecule has 9 heteroatoms. The van der Waals surface area contributed by atoms with E-state index in [0.29, 0.717) is 24.6 Å². The van der Waals surface area contributed by atoms with Crippen molar-refractivity contribution in [2.45, 2.75) is 31.3 Å². The van der Waals surface area contributed by atoms with Gasteiger partial charge in [-0.1, -0.05) is 6.07 Å². The highest BCUT2D eigenvalue weighted by atomic mass is 16.5. The summed E-state index contributed by atoms with van der Waals surface area (Å²) < 4.78 is 11.6. The van der Waals surface area contributed by atoms with Crippen LogP contribution in [0.4, 0.5) is 11.4 Å². The maximum atomic E-state index is 13.0. The van der Waals surface area contributed by atoms with Crippen molar-refractivity contribution in [1.82, 2.24) is 15.5 Å². The molecule has 3 N–H and O–H groups in total. The van der Waals surface area contributed by atoms with Crippen LogP contribution in [0.2, 0.25) is 0 Å². The number of hydrogen-bond donors (Lipinski definition) is 3. The van der Waals surface area contributed by atoms with Crippen LogP contribution in [-0.4, -0.2) is 61.3 Å². The van der Waals surface area contributed by atoms with Crippen LogP contribution in [0, 0.1) is 0 Å². The molecule has 1 aromatic carbocycles. The Hall–Kier alpha value is -3.43. The van der Waals surface area contributed by atoms with E-state index in [9.17, 15) is 9.59 Å². The number of hydrogen-bond acceptors (Lipinski definition) is 7. The first-order chi connectivity index (χ1) is 16.7. The third-order valence-corrected chi connectivity index (χ3v) is 6.47. The molecular formula is C25H29N5O4. The van der Waals surface area contributed by atoms with Crippen LogP contribution in [0.5, 0.6) is 0 Å². The number of morpholine rings is 1. The molecule has 2 unspecified atom stereocenters. The summed E-state index contributed by atoms with van der Waals surface area (Å²) >= 11 is 0. The van der Waals surface area contributed by atoms with E-state index in [4.69, 9.17) is 9.15 Å². The lowest BCUT2D eigenvalue weighted by Crippen LogP contribution is -2.42. The number of aromatic amines is 1. The molecule has 0 aliphatic carbocycles. The predicted molar refractivity (Wildman–Crippen MR) is 128 cm³/mol. The average molecular weight is 464 g/mol. The summed E-state index contributed by atoms with van der Waals surface area (Å²) in [4.78, 5) is 27.3. The van der Waals surface area contributed by atoms with Gasteiger partial charge in [0.1, 0.15) is 12.0 Å². The monoisotopic (exact) mass is 463 g/mol. The van der Waals surface area contributed by atoms with Crippen molar-refractivity contribution >= 4 is 23.6 Å². The van der Waals surface area contributed by atoms with E-state index in [0.717, 1.165) is 55.6 Å². The van der Waals surface area contributed by atoms with Gasteiger partial charge in [0.2, 0.25) is 0 Å². The van der Waals surface area contributed by atoms with E-state index in [-0.39, 0.29) is 23.7 Å². The van der Waals surface area contributed by atoms with Crippen LogP contribution < -0.4 is 15.5 Å². The first-order valence-electron chi connectivity index (χ1n) is 11.8. The lowest BCUT2D eigenvalue weighted by molar-refractivity contribution is -0.113. The van der Waals surface area contributed by atoms with Crippen LogP contribution in [0.25, 0.3) is 11.3 Å². The second kappa shape index (κ2) is 10.2. The molecule has 2 aliphatic rings. The summed E-state index contributed by atoms with van der Waals surface area (Å²) in [7, 11) is 0. The van der Waals surface area contributed by atoms with Gasteiger partial charge in [-0.3, -0.25) is 9.89 Å². The van der Waals surface area contributed by atoms with E-state index >= 15 is 0 Å². The Kier molecular flexibility index (Phi) is 6.73. The molecule has 178 valence electrons. The number of furan rings is 1. The number of carbonyl (C=O) groups excluding carboxylic acids is 2. The zero-order valence-electron chi connectivity index (χ0n) is 19.0. The molecule has 0 saturated carbocycles. The van der Waals surface area contributed by atoms with Crippen LogP contribution in [0.3, 0.4) is 0 Å². The fourth-order valence-electron chi connectivity index (χ4n) is 4.64. The maximum Gasteiger partial charge on any atom is 0.291 e. The van der Waals surface area contributed by atoms with Gasteiger partial charge < -0.3 is 29.5 Å². The number of carbonyl (C=O) groups is 2. The SMILES string of the molecule is O=CC(c1ccc(NC(=O)c2ccc(-c3cn[nH]c3)o2)c(N2CCCCC2)c1)C1CNCCO1. The summed E-state index contributed by atoms with van der Waals surface area (Å²) in [6.45, 7) is 3.83. The van der Waals surface area contributed by atoms with Gasteiger partial charge in [-0.2, -0.15) is 5.10 Å². The molecule has 3 aromatic rings. The van der Waals surface area contributed by atoms with Crippen LogP contribution in [-0.2, 0) is 9.53 Å². The zero-order chi connectivity index (χ0) is 23.3. The molecule has 2 saturated heterocycles. The van der Waals surface area contributed by atoms with Crippen LogP contribution >= 0.6 is 0 Å². The molecule has 34 heavy (non-hydrogen) atoms. The van der Waals surface area contributed by atoms with Crippen molar-refractivity contribution in [1.29, 1.82) is 0 Å². The van der Waals surface area contributed by atoms with E-state index in [1.807, 2.05) is 18.2 Å². The van der Waals surface area contributed by atoms with Crippen molar-refractivity contribution in [3.8, 4) is 11.3 Å². The molecular weight excluding hydrogens is 434 g/mol. The van der Waals surface area contributed by atoms with Crippen LogP contribution in [0.1, 0.15) is 41.3 Å². The summed E-state index contributed by atoms with van der Waals surface area (Å²) in [5.41, 5.74) is 3.28. The molecule has 0 bridgehead atoms. The second-order valence-corrected chi connectivity index (χ2v) is 8.70. The Morgan fingerprint density at radius 3 is 2.82 bits per heavy atom. The highest BCUT2D eigenvalue weighted by Crippen LogP contribution is 2.34. The number of H-pyrrole nitrogens is 1. The van der Waals surface area contributed by atoms with Gasteiger partial charge in [0.05, 0.1) is 41.8 Å². The Morgan fingerprint density at radius 2 is 2.09 bits per heavy atom. The van der Waals surface area contributed by atoms with Gasteiger partial charge in [0, 0.05) is 32.4 Å². The normalized spacial score (nSPS) is 19.5. The standard InChI is InChI=1S/C25H29N5O4/c31-16-19(24-15-26-8-11-33-24)17-4-5-20(21(12-17)30-9-2-1-3-10-30)29-25(32)23-7-6-22(34-23)18-13-27-28-14-18/h4-7,12-14,16,19,24,26H,1-3,8-11,15H2,(H,27,28)(H,29,32). The molecule has 2 fully saturated rings. The molecule has 2 aliphatic heterocycles. The third-order valence-electron chi connectivity index (χ3n) is 6.47. The van der Waals surface area contributed by atoms with E-state index in [1.165, 1.54) is 6.42 Å². The molecule has 4 heterocycles. The number of anilines is 2. The van der Waals surface area contributed by atoms with Gasteiger partial charge in [-0.15, -0.1) is 0 Å². The van der Waals surface area contributed by atoms with Crippen molar-refractivity contribution < 1.29 is 18.7 Å². The molecule has 2 atom stereocenters. The van der Waals surface area contributed by atoms with Crippen molar-refractivity contribution in [3.63, 3.8) is 0 Å². The van der Waals surface area contributed by atoms with Crippen molar-refractivity contribution in [2.24, 2.45) is 0 Å². The maximum absolute atomic E-state index is 13.0. The largest absolute Gasteiger partial charge is 0.451 e. The second-order valence-electron chi connectivity index (χ2n) is 8.70. The highest BCUT2D eigenvalue weighted by Gasteiger charge is 2.27. The Balaban J connectivity index is 1.41. The topological polar surface area (TPSA) is 112 Å². The minimum absolute atomic E-state index is 0.203. The number of nitrogens with one attached hydrogen (secondary N) is 3. The molecule has 0 radical (unpaired) electrons. The Bertz CT molecular complexity index is 1110. The Labute approximate surface area is 197 Å². The van der Waals surface area contributed by atoms with Gasteiger partial charge in [0.25, 0.3) is 5.91 Å². The summed E-state index contributed by atoms with van der Waals surface area (Å²) in [6, 6.07) is 9.21. The number of ether oxygens (including phenoxy) is 1. The number of nitrogens with zero attached hydrogens (tertiary/aromatic N) is 2. The summed E-state index contributed by atoms with van der Waals surface area (Å²) in [5.74, 6) is 0.0916. The minimum Gasteiger partial charge on any atom is -0.451 e. The van der Waals surface area contributed by atoms with Gasteiger partial charge >= 0.3 is 0 Å². The van der Waals surface area contributed by atoms with Gasteiger partial charge in [-0.05, 0) is 49.1 Å². The number of aldehydes is 1. The average Bonchev–Trinajstić information content (AvgIpc) is 3.59. The van der Waals surface area contributed by atoms with Crippen molar-refractivity contribution in [3.05, 3.63) is 54.0 Å². The first-order valence-corrected chi connectivity index (χ1v) is 11.8. The van der Waals surface area contributed by atoms with E-state index in [1.54, 1.807) is 24.5 Å². The molecule has 5 rings (SSSR count). The first kappa shape index (κ1) is 22.4. The summed E-state index contributed by atoms with van der Waals surface area (Å²) in [5, 5.41) is 13.0. The smallest absolute Gasteiger partial charge is 0.291 e. The van der Waals surface area contributed by atoms with Crippen molar-refractivity contribution in [2.75, 3.05) is 43.0 Å². The molecule has 9 nitrogen and oxygen atoms in total. The van der Waals surface area contributed by atoms with E-state index in [2.05, 4.69) is 25.7 Å². The molecule has 0 spiro atoms. The number of aromatic nitrogens is 2. The van der Waals surface area contributed by atoms with Gasteiger partial charge in [-0.25, -0.2) is 0 Å². The van der Waals surface area contributed by atoms with Crippen LogP contribution in [0.15, 0.2) is 47.1 Å². The fourth-order valence-corrected chi connectivity index (χ4v) is 4.64. The lowest BCUT2D eigenvalue weighted by Gasteiger charge is -2.32. The number of rotatable bonds is 7. The fraction of sp³-hybridized carbons (Fsp3) is 0.400. The molecule has 2 aromatic heterocycles. The molecule has 1 amide bonds. The predicted octanol–water partition coefficient (Wildman–Crippen LogP) is 3.18. The summed E-state index contributed by atoms with van der Waals surface area (Å²) in [6.07, 6.45) is 7.49.